The fourth-order valence-corrected chi connectivity index (χ4v) is 4.67. The van der Waals surface area contributed by atoms with Crippen molar-refractivity contribution < 1.29 is 12.8 Å². The van der Waals surface area contributed by atoms with Crippen LogP contribution in [0, 0.1) is 5.82 Å². The van der Waals surface area contributed by atoms with Gasteiger partial charge in [0, 0.05) is 0 Å². The Hall–Kier alpha value is -1.86. The first-order valence-electron chi connectivity index (χ1n) is 6.63. The average molecular weight is 336 g/mol. The maximum absolute atomic E-state index is 13.7. The first kappa shape index (κ1) is 15.1. The number of rotatable bonds is 3. The molecule has 0 aliphatic carbocycles. The molecular formula is C15H13FN2O2S2. The standard InChI is InChI=1S/C15H13FN2O2S2/c16-13-8-4-5-9-14(13)21-15-17-10-11-18(15)22(19,20)12-6-2-1-3-7-12/h1-9H,10-11H2. The van der Waals surface area contributed by atoms with Gasteiger partial charge in [-0.1, -0.05) is 30.3 Å². The summed E-state index contributed by atoms with van der Waals surface area (Å²) in [6.07, 6.45) is 0. The van der Waals surface area contributed by atoms with Gasteiger partial charge in [-0.05, 0) is 36.0 Å². The van der Waals surface area contributed by atoms with Gasteiger partial charge in [0.05, 0.1) is 22.9 Å². The van der Waals surface area contributed by atoms with Crippen LogP contribution in [0.5, 0.6) is 0 Å². The largest absolute Gasteiger partial charge is 0.265 e. The summed E-state index contributed by atoms with van der Waals surface area (Å²) in [5.41, 5.74) is 0. The van der Waals surface area contributed by atoms with Crippen molar-refractivity contribution in [3.05, 3.63) is 60.4 Å². The summed E-state index contributed by atoms with van der Waals surface area (Å²) in [4.78, 5) is 4.77. The lowest BCUT2D eigenvalue weighted by atomic mass is 10.4. The molecule has 3 rings (SSSR count). The summed E-state index contributed by atoms with van der Waals surface area (Å²) < 4.78 is 40.3. The van der Waals surface area contributed by atoms with Crippen LogP contribution >= 0.6 is 11.8 Å². The predicted molar refractivity (Wildman–Crippen MR) is 84.9 cm³/mol. The van der Waals surface area contributed by atoms with Crippen LogP contribution in [0.25, 0.3) is 0 Å². The van der Waals surface area contributed by atoms with E-state index in [-0.39, 0.29) is 17.3 Å². The number of nitrogens with zero attached hydrogens (tertiary/aromatic N) is 2. The molecule has 0 atom stereocenters. The second kappa shape index (κ2) is 6.10. The molecule has 0 radical (unpaired) electrons. The minimum atomic E-state index is -3.66. The third-order valence-electron chi connectivity index (χ3n) is 3.13. The number of thioether (sulfide) groups is 1. The number of hydrogen-bond donors (Lipinski definition) is 0. The Balaban J connectivity index is 1.89. The number of benzene rings is 2. The van der Waals surface area contributed by atoms with Gasteiger partial charge in [-0.25, -0.2) is 17.1 Å². The van der Waals surface area contributed by atoms with Gasteiger partial charge in [0.25, 0.3) is 10.0 Å². The average Bonchev–Trinajstić information content (AvgIpc) is 2.99. The Morgan fingerprint density at radius 1 is 1.05 bits per heavy atom. The second-order valence-corrected chi connectivity index (χ2v) is 7.46. The van der Waals surface area contributed by atoms with Crippen LogP contribution in [0.3, 0.4) is 0 Å². The predicted octanol–water partition coefficient (Wildman–Crippen LogP) is 2.98. The van der Waals surface area contributed by atoms with Gasteiger partial charge in [0.15, 0.2) is 5.17 Å². The van der Waals surface area contributed by atoms with E-state index in [2.05, 4.69) is 4.99 Å². The smallest absolute Gasteiger partial charge is 0.260 e. The van der Waals surface area contributed by atoms with E-state index < -0.39 is 10.0 Å². The Bertz CT molecular complexity index is 807. The summed E-state index contributed by atoms with van der Waals surface area (Å²) in [7, 11) is -3.66. The highest BCUT2D eigenvalue weighted by molar-refractivity contribution is 8.14. The molecule has 1 aliphatic heterocycles. The molecule has 0 unspecified atom stereocenters. The Kier molecular flexibility index (Phi) is 4.17. The monoisotopic (exact) mass is 336 g/mol. The van der Waals surface area contributed by atoms with Crippen molar-refractivity contribution in [2.75, 3.05) is 13.1 Å². The van der Waals surface area contributed by atoms with Crippen molar-refractivity contribution in [1.82, 2.24) is 4.31 Å². The summed E-state index contributed by atoms with van der Waals surface area (Å²) in [5.74, 6) is -0.390. The zero-order chi connectivity index (χ0) is 15.6. The fraction of sp³-hybridized carbons (Fsp3) is 0.133. The normalized spacial score (nSPS) is 15.0. The third kappa shape index (κ3) is 2.86. The van der Waals surface area contributed by atoms with E-state index in [0.717, 1.165) is 11.8 Å². The Morgan fingerprint density at radius 2 is 1.73 bits per heavy atom. The molecule has 0 saturated carbocycles. The molecule has 0 spiro atoms. The van der Waals surface area contributed by atoms with Gasteiger partial charge in [-0.3, -0.25) is 4.99 Å². The van der Waals surface area contributed by atoms with Crippen LogP contribution in [0.4, 0.5) is 4.39 Å². The number of halogens is 1. The molecule has 0 saturated heterocycles. The number of hydrogen-bond acceptors (Lipinski definition) is 4. The molecule has 2 aromatic rings. The molecule has 2 aromatic carbocycles. The summed E-state index contributed by atoms with van der Waals surface area (Å²) in [6, 6.07) is 14.4. The minimum absolute atomic E-state index is 0.207. The van der Waals surface area contributed by atoms with Gasteiger partial charge in [-0.15, -0.1) is 0 Å². The fourth-order valence-electron chi connectivity index (χ4n) is 2.06. The quantitative estimate of drug-likeness (QED) is 0.866. The van der Waals surface area contributed by atoms with Crippen LogP contribution in [-0.2, 0) is 10.0 Å². The highest BCUT2D eigenvalue weighted by Crippen LogP contribution is 2.29. The molecule has 4 nitrogen and oxygen atoms in total. The zero-order valence-electron chi connectivity index (χ0n) is 11.5. The molecule has 0 aromatic heterocycles. The highest BCUT2D eigenvalue weighted by Gasteiger charge is 2.31. The van der Waals surface area contributed by atoms with Crippen LogP contribution in [0.15, 0.2) is 69.4 Å². The molecule has 0 bridgehead atoms. The first-order valence-corrected chi connectivity index (χ1v) is 8.89. The van der Waals surface area contributed by atoms with E-state index in [1.54, 1.807) is 48.5 Å². The zero-order valence-corrected chi connectivity index (χ0v) is 13.1. The lowest BCUT2D eigenvalue weighted by Crippen LogP contribution is -2.32. The van der Waals surface area contributed by atoms with E-state index in [1.165, 1.54) is 10.4 Å². The van der Waals surface area contributed by atoms with Gasteiger partial charge in [0.2, 0.25) is 0 Å². The van der Waals surface area contributed by atoms with E-state index >= 15 is 0 Å². The van der Waals surface area contributed by atoms with E-state index in [9.17, 15) is 12.8 Å². The van der Waals surface area contributed by atoms with E-state index in [4.69, 9.17) is 0 Å². The van der Waals surface area contributed by atoms with Gasteiger partial charge in [-0.2, -0.15) is 0 Å². The van der Waals surface area contributed by atoms with Crippen LogP contribution in [0.2, 0.25) is 0 Å². The maximum atomic E-state index is 13.7. The summed E-state index contributed by atoms with van der Waals surface area (Å²) in [6.45, 7) is 0.650. The molecule has 0 N–H and O–H groups in total. The number of aliphatic imine (C=N–C) groups is 1. The van der Waals surface area contributed by atoms with E-state index in [1.807, 2.05) is 0 Å². The first-order chi connectivity index (χ1) is 10.6. The van der Waals surface area contributed by atoms with Crippen molar-refractivity contribution in [1.29, 1.82) is 0 Å². The molecule has 0 amide bonds. The maximum Gasteiger partial charge on any atom is 0.265 e. The SMILES string of the molecule is O=S(=O)(c1ccccc1)N1CCN=C1Sc1ccccc1F. The van der Waals surface area contributed by atoms with Crippen molar-refractivity contribution >= 4 is 27.0 Å². The lowest BCUT2D eigenvalue weighted by molar-refractivity contribution is 0.540. The second-order valence-electron chi connectivity index (χ2n) is 4.59. The van der Waals surface area contributed by atoms with Crippen molar-refractivity contribution in [3.8, 4) is 0 Å². The van der Waals surface area contributed by atoms with Gasteiger partial charge >= 0.3 is 0 Å². The number of sulfonamides is 1. The lowest BCUT2D eigenvalue weighted by Gasteiger charge is -2.19. The van der Waals surface area contributed by atoms with Crippen LogP contribution in [0.1, 0.15) is 0 Å². The van der Waals surface area contributed by atoms with Crippen LogP contribution in [-0.4, -0.2) is 31.0 Å². The Morgan fingerprint density at radius 3 is 2.45 bits per heavy atom. The van der Waals surface area contributed by atoms with Crippen molar-refractivity contribution in [2.24, 2.45) is 4.99 Å². The summed E-state index contributed by atoms with van der Waals surface area (Å²) >= 11 is 1.03. The molecule has 0 fully saturated rings. The van der Waals surface area contributed by atoms with Crippen LogP contribution < -0.4 is 0 Å². The summed E-state index contributed by atoms with van der Waals surface area (Å²) in [5, 5.41) is 0.300. The minimum Gasteiger partial charge on any atom is -0.260 e. The van der Waals surface area contributed by atoms with Crippen molar-refractivity contribution in [3.63, 3.8) is 0 Å². The molecule has 1 aliphatic rings. The topological polar surface area (TPSA) is 49.7 Å². The van der Waals surface area contributed by atoms with Gasteiger partial charge < -0.3 is 0 Å². The molecule has 1 heterocycles. The third-order valence-corrected chi connectivity index (χ3v) is 6.13. The Labute approximate surface area is 132 Å². The highest BCUT2D eigenvalue weighted by atomic mass is 32.2. The van der Waals surface area contributed by atoms with E-state index in [0.29, 0.717) is 16.6 Å². The number of amidine groups is 1. The van der Waals surface area contributed by atoms with Crippen molar-refractivity contribution in [2.45, 2.75) is 9.79 Å². The molecule has 114 valence electrons. The molecule has 7 heteroatoms. The molecule has 22 heavy (non-hydrogen) atoms. The molecular weight excluding hydrogens is 323 g/mol. The van der Waals surface area contributed by atoms with Gasteiger partial charge in [0.1, 0.15) is 5.82 Å².